The third-order valence-electron chi connectivity index (χ3n) is 8.10. The molecule has 0 aliphatic carbocycles. The van der Waals surface area contributed by atoms with E-state index in [0.717, 1.165) is 13.8 Å². The molecule has 248 valence electrons. The van der Waals surface area contributed by atoms with Crippen molar-refractivity contribution in [3.05, 3.63) is 52.6 Å². The molecule has 1 unspecified atom stereocenters. The Kier molecular flexibility index (Phi) is 8.66. The molecule has 5 atom stereocenters. The van der Waals surface area contributed by atoms with Gasteiger partial charge in [-0.1, -0.05) is 6.07 Å². The number of aliphatic hydroxyl groups excluding tert-OH is 2. The van der Waals surface area contributed by atoms with E-state index in [4.69, 9.17) is 37.9 Å². The summed E-state index contributed by atoms with van der Waals surface area (Å²) in [7, 11) is 0. The van der Waals surface area contributed by atoms with Gasteiger partial charge in [0, 0.05) is 37.3 Å². The fourth-order valence-electron chi connectivity index (χ4n) is 6.18. The van der Waals surface area contributed by atoms with Crippen molar-refractivity contribution in [1.29, 1.82) is 0 Å². The topological polar surface area (TPSA) is 183 Å². The highest BCUT2D eigenvalue weighted by atomic mass is 16.7. The quantitative estimate of drug-likeness (QED) is 0.268. The van der Waals surface area contributed by atoms with E-state index < -0.39 is 67.8 Å². The molecule has 0 radical (unpaired) electrons. The summed E-state index contributed by atoms with van der Waals surface area (Å²) < 4.78 is 45.7. The lowest BCUT2D eigenvalue weighted by Gasteiger charge is -2.43. The Morgan fingerprint density at radius 2 is 1.40 bits per heavy atom. The molecule has 14 nitrogen and oxygen atoms in total. The molecule has 0 amide bonds. The van der Waals surface area contributed by atoms with Crippen LogP contribution in [0.25, 0.3) is 21.9 Å². The summed E-state index contributed by atoms with van der Waals surface area (Å²) in [5.74, 6) is -1.71. The molecular weight excluding hydrogens is 620 g/mol. The number of esters is 4. The molecule has 14 heteroatoms. The van der Waals surface area contributed by atoms with Crippen LogP contribution < -0.4 is 14.2 Å². The van der Waals surface area contributed by atoms with Crippen LogP contribution >= 0.6 is 0 Å². The van der Waals surface area contributed by atoms with Crippen molar-refractivity contribution in [2.45, 2.75) is 78.2 Å². The highest BCUT2D eigenvalue weighted by Crippen LogP contribution is 2.48. The Labute approximate surface area is 267 Å². The van der Waals surface area contributed by atoms with Crippen LogP contribution in [0.15, 0.2) is 30.3 Å². The van der Waals surface area contributed by atoms with Gasteiger partial charge in [0.15, 0.2) is 23.7 Å². The molecule has 1 saturated heterocycles. The third-order valence-corrected chi connectivity index (χ3v) is 8.10. The number of aliphatic hydroxyl groups is 2. The number of cyclic esters (lactones) is 1. The fraction of sp³-hybridized carbons (Fsp3) is 0.394. The maximum atomic E-state index is 13.4. The van der Waals surface area contributed by atoms with Crippen LogP contribution in [0.5, 0.6) is 17.2 Å². The van der Waals surface area contributed by atoms with E-state index in [1.54, 1.807) is 37.3 Å². The van der Waals surface area contributed by atoms with E-state index in [1.165, 1.54) is 6.92 Å². The highest BCUT2D eigenvalue weighted by Gasteiger charge is 2.52. The number of carbonyl (C=O) groups excluding carboxylic acids is 4. The van der Waals surface area contributed by atoms with Crippen molar-refractivity contribution >= 4 is 34.6 Å². The van der Waals surface area contributed by atoms with E-state index in [9.17, 15) is 29.4 Å². The Morgan fingerprint density at radius 3 is 2.06 bits per heavy atom. The summed E-state index contributed by atoms with van der Waals surface area (Å²) in [6.07, 6.45) is -6.27. The second-order valence-electron chi connectivity index (χ2n) is 11.2. The Balaban J connectivity index is 1.56. The van der Waals surface area contributed by atoms with Crippen molar-refractivity contribution in [2.24, 2.45) is 0 Å². The van der Waals surface area contributed by atoms with Gasteiger partial charge >= 0.3 is 23.9 Å². The van der Waals surface area contributed by atoms with Crippen LogP contribution in [-0.2, 0) is 57.9 Å². The van der Waals surface area contributed by atoms with Gasteiger partial charge < -0.3 is 48.1 Å². The predicted octanol–water partition coefficient (Wildman–Crippen LogP) is 2.81. The Bertz CT molecular complexity index is 1780. The third kappa shape index (κ3) is 5.90. The van der Waals surface area contributed by atoms with Gasteiger partial charge in [-0.3, -0.25) is 14.4 Å². The fourth-order valence-corrected chi connectivity index (χ4v) is 6.18. The van der Waals surface area contributed by atoms with Gasteiger partial charge in [-0.15, -0.1) is 0 Å². The maximum Gasteiger partial charge on any atom is 0.339 e. The second-order valence-corrected chi connectivity index (χ2v) is 11.2. The van der Waals surface area contributed by atoms with Gasteiger partial charge in [0.1, 0.15) is 12.4 Å². The summed E-state index contributed by atoms with van der Waals surface area (Å²) in [6.45, 7) is 4.04. The van der Waals surface area contributed by atoms with Crippen LogP contribution in [-0.4, -0.2) is 71.6 Å². The Morgan fingerprint density at radius 1 is 0.787 bits per heavy atom. The molecule has 2 N–H and O–H groups in total. The van der Waals surface area contributed by atoms with Crippen molar-refractivity contribution < 1.29 is 67.3 Å². The van der Waals surface area contributed by atoms with E-state index in [0.29, 0.717) is 50.1 Å². The molecule has 6 rings (SSSR count). The number of ether oxygens (including phenoxy) is 8. The van der Waals surface area contributed by atoms with Crippen LogP contribution in [0.3, 0.4) is 0 Å². The highest BCUT2D eigenvalue weighted by molar-refractivity contribution is 6.13. The minimum absolute atomic E-state index is 0.0386. The number of fused-ring (bicyclic) bond motifs is 3. The number of rotatable bonds is 8. The average molecular weight is 653 g/mol. The van der Waals surface area contributed by atoms with Crippen molar-refractivity contribution in [3.8, 4) is 28.4 Å². The summed E-state index contributed by atoms with van der Waals surface area (Å²) >= 11 is 0. The lowest BCUT2D eigenvalue weighted by molar-refractivity contribution is -0.280. The van der Waals surface area contributed by atoms with Crippen molar-refractivity contribution in [2.75, 3.05) is 6.79 Å². The minimum Gasteiger partial charge on any atom is -0.460 e. The van der Waals surface area contributed by atoms with Crippen LogP contribution in [0, 0.1) is 0 Å². The first-order valence-corrected chi connectivity index (χ1v) is 14.8. The van der Waals surface area contributed by atoms with Gasteiger partial charge in [-0.2, -0.15) is 0 Å². The standard InChI is InChI=1S/C33H32O14/c1-14-28(44-15(2)36)30(45-16(3)37)31(46-17(4)38)33(43-14)47-29-22-8-20(11-35)19(10-34)7-21(22)26(27-23(29)12-40-32(27)39)18-5-6-24-25(9-18)42-13-41-24/h5-9,14,28,30-31,33-35H,10-13H2,1-4H3/t14-,28+,30+,31-,33?/m1/s1. The monoisotopic (exact) mass is 652 g/mol. The van der Waals surface area contributed by atoms with E-state index in [1.807, 2.05) is 0 Å². The average Bonchev–Trinajstić information content (AvgIpc) is 3.65. The van der Waals surface area contributed by atoms with Crippen LogP contribution in [0.2, 0.25) is 0 Å². The molecule has 47 heavy (non-hydrogen) atoms. The van der Waals surface area contributed by atoms with Gasteiger partial charge in [-0.05, 0) is 53.3 Å². The zero-order valence-corrected chi connectivity index (χ0v) is 25.9. The van der Waals surface area contributed by atoms with Crippen LogP contribution in [0.4, 0.5) is 0 Å². The molecule has 3 heterocycles. The summed E-state index contributed by atoms with van der Waals surface area (Å²) in [4.78, 5) is 49.9. The van der Waals surface area contributed by atoms with Crippen LogP contribution in [0.1, 0.15) is 54.7 Å². The minimum atomic E-state index is -1.44. The molecule has 0 aromatic heterocycles. The van der Waals surface area contributed by atoms with Gasteiger partial charge in [0.25, 0.3) is 0 Å². The van der Waals surface area contributed by atoms with Crippen molar-refractivity contribution in [3.63, 3.8) is 0 Å². The number of hydrogen-bond donors (Lipinski definition) is 2. The second kappa shape index (κ2) is 12.7. The molecule has 0 saturated carbocycles. The van der Waals surface area contributed by atoms with Crippen molar-refractivity contribution in [1.82, 2.24) is 0 Å². The molecule has 3 aliphatic rings. The maximum absolute atomic E-state index is 13.4. The molecule has 3 aromatic rings. The van der Waals surface area contributed by atoms with E-state index in [-0.39, 0.29) is 24.7 Å². The van der Waals surface area contributed by atoms with Gasteiger partial charge in [0.2, 0.25) is 19.2 Å². The molecule has 1 fully saturated rings. The van der Waals surface area contributed by atoms with Gasteiger partial charge in [0.05, 0.1) is 24.9 Å². The Hall–Kier alpha value is -4.92. The normalized spacial score (nSPS) is 22.8. The number of carbonyl (C=O) groups is 4. The zero-order valence-electron chi connectivity index (χ0n) is 25.9. The first-order chi connectivity index (χ1) is 22.5. The number of hydrogen-bond acceptors (Lipinski definition) is 14. The largest absolute Gasteiger partial charge is 0.460 e. The summed E-state index contributed by atoms with van der Waals surface area (Å²) in [5, 5.41) is 21.3. The number of benzene rings is 3. The molecular formula is C33H32O14. The zero-order chi connectivity index (χ0) is 33.6. The van der Waals surface area contributed by atoms with E-state index in [2.05, 4.69) is 0 Å². The lowest BCUT2D eigenvalue weighted by atomic mass is 9.87. The first kappa shape index (κ1) is 32.0. The summed E-state index contributed by atoms with van der Waals surface area (Å²) in [6, 6.07) is 8.46. The SMILES string of the molecule is CC(=O)O[C@@H]1[C@H](OC(C)=O)[C@@H](OC(C)=O)C(Oc2c3c(c(-c4ccc5c(c4)OCO5)c4cc(CO)c(CO)cc24)C(=O)OC3)O[C@@H]1C. The molecule has 0 spiro atoms. The first-order valence-electron chi connectivity index (χ1n) is 14.8. The van der Waals surface area contributed by atoms with Gasteiger partial charge in [-0.25, -0.2) is 4.79 Å². The van der Waals surface area contributed by atoms with E-state index >= 15 is 0 Å². The molecule has 3 aliphatic heterocycles. The molecule has 0 bridgehead atoms. The predicted molar refractivity (Wildman–Crippen MR) is 158 cm³/mol. The smallest absolute Gasteiger partial charge is 0.339 e. The lowest BCUT2D eigenvalue weighted by Crippen LogP contribution is -2.62. The molecule has 3 aromatic carbocycles. The summed E-state index contributed by atoms with van der Waals surface area (Å²) in [5.41, 5.74) is 2.34.